The third kappa shape index (κ3) is 3.34. The average Bonchev–Trinajstić information content (AvgIpc) is 2.86. The number of hydrogen-bond acceptors (Lipinski definition) is 2. The first-order valence-electron chi connectivity index (χ1n) is 6.17. The highest BCUT2D eigenvalue weighted by molar-refractivity contribution is 7.07. The third-order valence-corrected chi connectivity index (χ3v) is 3.62. The molecule has 0 spiro atoms. The third-order valence-electron chi connectivity index (χ3n) is 2.92. The van der Waals surface area contributed by atoms with Crippen LogP contribution in [-0.4, -0.2) is 0 Å². The van der Waals surface area contributed by atoms with Crippen LogP contribution in [0.2, 0.25) is 0 Å². The number of thiophene rings is 1. The second-order valence-corrected chi connectivity index (χ2v) is 5.15. The Hall–Kier alpha value is -1.28. The van der Waals surface area contributed by atoms with Crippen LogP contribution in [-0.2, 0) is 6.42 Å². The first-order valence-corrected chi connectivity index (χ1v) is 7.11. The Morgan fingerprint density at radius 1 is 1.18 bits per heavy atom. The minimum absolute atomic E-state index is 0.373. The van der Waals surface area contributed by atoms with Crippen molar-refractivity contribution in [1.82, 2.24) is 0 Å². The van der Waals surface area contributed by atoms with Gasteiger partial charge in [0.2, 0.25) is 0 Å². The quantitative estimate of drug-likeness (QED) is 0.792. The summed E-state index contributed by atoms with van der Waals surface area (Å²) in [5.74, 6) is 0. The van der Waals surface area contributed by atoms with Gasteiger partial charge in [-0.1, -0.05) is 25.5 Å². The van der Waals surface area contributed by atoms with Crippen molar-refractivity contribution in [3.05, 3.63) is 52.2 Å². The Balaban J connectivity index is 1.99. The van der Waals surface area contributed by atoms with Crippen LogP contribution in [0.25, 0.3) is 0 Å². The lowest BCUT2D eigenvalue weighted by Gasteiger charge is -2.14. The minimum Gasteiger partial charge on any atom is -0.378 e. The summed E-state index contributed by atoms with van der Waals surface area (Å²) < 4.78 is 0. The summed E-state index contributed by atoms with van der Waals surface area (Å²) >= 11 is 1.75. The topological polar surface area (TPSA) is 12.0 Å². The zero-order valence-electron chi connectivity index (χ0n) is 10.4. The van der Waals surface area contributed by atoms with E-state index in [2.05, 4.69) is 60.3 Å². The highest BCUT2D eigenvalue weighted by Crippen LogP contribution is 2.21. The van der Waals surface area contributed by atoms with E-state index in [0.717, 1.165) is 0 Å². The monoisotopic (exact) mass is 245 g/mol. The van der Waals surface area contributed by atoms with E-state index in [1.165, 1.54) is 29.7 Å². The second-order valence-electron chi connectivity index (χ2n) is 4.37. The van der Waals surface area contributed by atoms with Gasteiger partial charge in [-0.3, -0.25) is 0 Å². The molecule has 1 aromatic carbocycles. The van der Waals surface area contributed by atoms with Crippen LogP contribution in [0.3, 0.4) is 0 Å². The number of benzene rings is 1. The van der Waals surface area contributed by atoms with Crippen LogP contribution in [0.5, 0.6) is 0 Å². The number of nitrogens with one attached hydrogen (secondary N) is 1. The molecule has 0 aliphatic heterocycles. The predicted octanol–water partition coefficient (Wildman–Crippen LogP) is 4.87. The standard InChI is InChI=1S/C15H19NS/c1-3-4-13-5-7-15(8-6-13)16-12(2)14-9-10-17-11-14/h5-12,16H,3-4H2,1-2H3. The van der Waals surface area contributed by atoms with Gasteiger partial charge in [-0.05, 0) is 53.4 Å². The first-order chi connectivity index (χ1) is 8.29. The SMILES string of the molecule is CCCc1ccc(NC(C)c2ccsc2)cc1. The van der Waals surface area contributed by atoms with Gasteiger partial charge in [0.15, 0.2) is 0 Å². The molecule has 0 aliphatic rings. The summed E-state index contributed by atoms with van der Waals surface area (Å²) in [5, 5.41) is 7.84. The van der Waals surface area contributed by atoms with Crippen molar-refractivity contribution in [1.29, 1.82) is 0 Å². The van der Waals surface area contributed by atoms with Crippen LogP contribution >= 0.6 is 11.3 Å². The average molecular weight is 245 g/mol. The molecular weight excluding hydrogens is 226 g/mol. The summed E-state index contributed by atoms with van der Waals surface area (Å²) in [6, 6.07) is 11.3. The van der Waals surface area contributed by atoms with Crippen molar-refractivity contribution >= 4 is 17.0 Å². The molecular formula is C15H19NS. The molecule has 2 aromatic rings. The van der Waals surface area contributed by atoms with E-state index in [-0.39, 0.29) is 0 Å². The maximum atomic E-state index is 3.52. The number of rotatable bonds is 5. The van der Waals surface area contributed by atoms with Gasteiger partial charge in [0.05, 0.1) is 0 Å². The molecule has 0 fully saturated rings. The van der Waals surface area contributed by atoms with Gasteiger partial charge < -0.3 is 5.32 Å². The van der Waals surface area contributed by atoms with Crippen LogP contribution in [0, 0.1) is 0 Å². The van der Waals surface area contributed by atoms with E-state index >= 15 is 0 Å². The molecule has 90 valence electrons. The zero-order valence-corrected chi connectivity index (χ0v) is 11.3. The summed E-state index contributed by atoms with van der Waals surface area (Å²) in [6.45, 7) is 4.41. The molecule has 1 heterocycles. The fourth-order valence-electron chi connectivity index (χ4n) is 1.91. The first kappa shape index (κ1) is 12.2. The summed E-state index contributed by atoms with van der Waals surface area (Å²) in [4.78, 5) is 0. The van der Waals surface area contributed by atoms with Gasteiger partial charge in [-0.2, -0.15) is 11.3 Å². The van der Waals surface area contributed by atoms with Gasteiger partial charge in [0.25, 0.3) is 0 Å². The molecule has 1 atom stereocenters. The van der Waals surface area contributed by atoms with E-state index in [1.54, 1.807) is 11.3 Å². The van der Waals surface area contributed by atoms with E-state index in [9.17, 15) is 0 Å². The fraction of sp³-hybridized carbons (Fsp3) is 0.333. The van der Waals surface area contributed by atoms with Gasteiger partial charge in [0, 0.05) is 11.7 Å². The molecule has 1 N–H and O–H groups in total. The zero-order chi connectivity index (χ0) is 12.1. The van der Waals surface area contributed by atoms with Crippen molar-refractivity contribution in [2.75, 3.05) is 5.32 Å². The van der Waals surface area contributed by atoms with Crippen LogP contribution in [0.15, 0.2) is 41.1 Å². The Bertz CT molecular complexity index is 430. The molecule has 0 saturated heterocycles. The largest absolute Gasteiger partial charge is 0.378 e. The molecule has 0 amide bonds. The van der Waals surface area contributed by atoms with E-state index in [1.807, 2.05) is 0 Å². The number of anilines is 1. The van der Waals surface area contributed by atoms with Crippen molar-refractivity contribution in [2.24, 2.45) is 0 Å². The fourth-order valence-corrected chi connectivity index (χ4v) is 2.67. The smallest absolute Gasteiger partial charge is 0.0493 e. The number of aryl methyl sites for hydroxylation is 1. The maximum absolute atomic E-state index is 3.52. The maximum Gasteiger partial charge on any atom is 0.0493 e. The second kappa shape index (κ2) is 5.87. The normalized spacial score (nSPS) is 12.4. The summed E-state index contributed by atoms with van der Waals surface area (Å²) in [7, 11) is 0. The van der Waals surface area contributed by atoms with Gasteiger partial charge in [-0.15, -0.1) is 0 Å². The summed E-state index contributed by atoms with van der Waals surface area (Å²) in [5.41, 5.74) is 3.97. The van der Waals surface area contributed by atoms with E-state index in [4.69, 9.17) is 0 Å². The summed E-state index contributed by atoms with van der Waals surface area (Å²) in [6.07, 6.45) is 2.37. The lowest BCUT2D eigenvalue weighted by atomic mass is 10.1. The predicted molar refractivity (Wildman–Crippen MR) is 76.8 cm³/mol. The Labute approximate surface area is 108 Å². The Morgan fingerprint density at radius 2 is 1.94 bits per heavy atom. The highest BCUT2D eigenvalue weighted by atomic mass is 32.1. The molecule has 2 heteroatoms. The molecule has 0 bridgehead atoms. The highest BCUT2D eigenvalue weighted by Gasteiger charge is 2.04. The molecule has 0 radical (unpaired) electrons. The van der Waals surface area contributed by atoms with Crippen LogP contribution < -0.4 is 5.32 Å². The van der Waals surface area contributed by atoms with Crippen LogP contribution in [0.4, 0.5) is 5.69 Å². The van der Waals surface area contributed by atoms with Crippen molar-refractivity contribution < 1.29 is 0 Å². The minimum atomic E-state index is 0.373. The lowest BCUT2D eigenvalue weighted by molar-refractivity contribution is 0.888. The number of hydrogen-bond donors (Lipinski definition) is 1. The van der Waals surface area contributed by atoms with E-state index < -0.39 is 0 Å². The molecule has 1 unspecified atom stereocenters. The van der Waals surface area contributed by atoms with E-state index in [0.29, 0.717) is 6.04 Å². The van der Waals surface area contributed by atoms with Gasteiger partial charge >= 0.3 is 0 Å². The van der Waals surface area contributed by atoms with Crippen molar-refractivity contribution in [3.8, 4) is 0 Å². The van der Waals surface area contributed by atoms with Crippen molar-refractivity contribution in [2.45, 2.75) is 32.7 Å². The Kier molecular flexibility index (Phi) is 4.21. The molecule has 17 heavy (non-hydrogen) atoms. The lowest BCUT2D eigenvalue weighted by Crippen LogP contribution is -2.05. The Morgan fingerprint density at radius 3 is 2.53 bits per heavy atom. The molecule has 2 rings (SSSR count). The molecule has 1 aromatic heterocycles. The molecule has 0 aliphatic carbocycles. The molecule has 1 nitrogen and oxygen atoms in total. The molecule has 0 saturated carbocycles. The van der Waals surface area contributed by atoms with Crippen LogP contribution in [0.1, 0.15) is 37.4 Å². The van der Waals surface area contributed by atoms with Gasteiger partial charge in [0.1, 0.15) is 0 Å². The van der Waals surface area contributed by atoms with Gasteiger partial charge in [-0.25, -0.2) is 0 Å². The van der Waals surface area contributed by atoms with Crippen molar-refractivity contribution in [3.63, 3.8) is 0 Å².